The average Bonchev–Trinajstić information content (AvgIpc) is 3.21. The largest absolute Gasteiger partial charge is 0.279 e. The van der Waals surface area contributed by atoms with Crippen LogP contribution in [0, 0.1) is 18.3 Å². The summed E-state index contributed by atoms with van der Waals surface area (Å²) in [7, 11) is 0. The van der Waals surface area contributed by atoms with Crippen molar-refractivity contribution in [2.45, 2.75) is 39.5 Å². The lowest BCUT2D eigenvalue weighted by Crippen LogP contribution is -2.37. The molecule has 1 fully saturated rings. The third-order valence-electron chi connectivity index (χ3n) is 6.61. The maximum absolute atomic E-state index is 13.8. The summed E-state index contributed by atoms with van der Waals surface area (Å²) in [6.07, 6.45) is 7.00. The smallest absolute Gasteiger partial charge is 0.242 e. The Balaban J connectivity index is 1.75. The van der Waals surface area contributed by atoms with Crippen LogP contribution in [0.3, 0.4) is 0 Å². The second-order valence-corrected chi connectivity index (χ2v) is 8.45. The fourth-order valence-electron chi connectivity index (χ4n) is 5.13. The summed E-state index contributed by atoms with van der Waals surface area (Å²) >= 11 is 0. The van der Waals surface area contributed by atoms with Crippen LogP contribution in [0.5, 0.6) is 0 Å². The molecule has 0 N–H and O–H groups in total. The molecule has 2 atom stereocenters. The lowest BCUT2D eigenvalue weighted by molar-refractivity contribution is -0.124. The third-order valence-corrected chi connectivity index (χ3v) is 6.61. The van der Waals surface area contributed by atoms with Crippen LogP contribution in [0.25, 0.3) is 5.70 Å². The van der Waals surface area contributed by atoms with Crippen molar-refractivity contribution in [1.82, 2.24) is 0 Å². The van der Waals surface area contributed by atoms with Crippen molar-refractivity contribution in [1.29, 1.82) is 0 Å². The van der Waals surface area contributed by atoms with E-state index in [4.69, 9.17) is 0 Å². The van der Waals surface area contributed by atoms with Crippen LogP contribution in [0.1, 0.15) is 43.7 Å². The number of benzene rings is 2. The summed E-state index contributed by atoms with van der Waals surface area (Å²) in [6.45, 7) is 4.24. The molecule has 0 unspecified atom stereocenters. The Morgan fingerprint density at radius 3 is 2.52 bits per heavy atom. The van der Waals surface area contributed by atoms with Gasteiger partial charge >= 0.3 is 0 Å². The normalized spacial score (nSPS) is 26.9. The van der Waals surface area contributed by atoms with E-state index in [0.717, 1.165) is 23.4 Å². The molecular weight excluding hydrogens is 330 g/mol. The third kappa shape index (κ3) is 2.43. The van der Waals surface area contributed by atoms with Crippen molar-refractivity contribution >= 4 is 17.3 Å². The van der Waals surface area contributed by atoms with Gasteiger partial charge in [-0.1, -0.05) is 59.7 Å². The van der Waals surface area contributed by atoms with Gasteiger partial charge in [-0.2, -0.15) is 0 Å². The SMILES string of the molecule is Cc1ccc(N2C(=O)[C@]3(C)C[C@H]4CCCC4=CC3=C2c2ccccc2)cc1. The monoisotopic (exact) mass is 355 g/mol. The lowest BCUT2D eigenvalue weighted by atomic mass is 9.69. The Bertz CT molecular complexity index is 967. The highest BCUT2D eigenvalue weighted by molar-refractivity contribution is 6.16. The average molecular weight is 355 g/mol. The van der Waals surface area contributed by atoms with E-state index in [-0.39, 0.29) is 5.91 Å². The van der Waals surface area contributed by atoms with E-state index in [1.54, 1.807) is 5.57 Å². The predicted octanol–water partition coefficient (Wildman–Crippen LogP) is 5.89. The molecule has 2 nitrogen and oxygen atoms in total. The van der Waals surface area contributed by atoms with Gasteiger partial charge < -0.3 is 0 Å². The van der Waals surface area contributed by atoms with Crippen LogP contribution < -0.4 is 4.90 Å². The maximum Gasteiger partial charge on any atom is 0.242 e. The molecule has 0 radical (unpaired) electrons. The maximum atomic E-state index is 13.8. The lowest BCUT2D eigenvalue weighted by Gasteiger charge is -2.33. The molecule has 2 heteroatoms. The molecular formula is C25H25NO. The minimum atomic E-state index is -0.422. The van der Waals surface area contributed by atoms with Crippen LogP contribution in [0.15, 0.2) is 71.8 Å². The van der Waals surface area contributed by atoms with Crippen molar-refractivity contribution < 1.29 is 4.79 Å². The van der Waals surface area contributed by atoms with Gasteiger partial charge in [0, 0.05) is 5.69 Å². The topological polar surface area (TPSA) is 20.3 Å². The summed E-state index contributed by atoms with van der Waals surface area (Å²) in [6, 6.07) is 18.7. The molecule has 2 aliphatic carbocycles. The highest BCUT2D eigenvalue weighted by Gasteiger charge is 2.52. The first-order chi connectivity index (χ1) is 13.1. The van der Waals surface area contributed by atoms with E-state index in [1.165, 1.54) is 30.4 Å². The molecule has 0 aromatic heterocycles. The van der Waals surface area contributed by atoms with Crippen molar-refractivity contribution in [2.24, 2.45) is 11.3 Å². The number of anilines is 1. The molecule has 2 aromatic carbocycles. The summed E-state index contributed by atoms with van der Waals surface area (Å²) in [5.74, 6) is 0.806. The van der Waals surface area contributed by atoms with E-state index in [1.807, 2.05) is 11.0 Å². The Labute approximate surface area is 161 Å². The van der Waals surface area contributed by atoms with Crippen molar-refractivity contribution in [2.75, 3.05) is 4.90 Å². The Kier molecular flexibility index (Phi) is 3.65. The number of aryl methyl sites for hydroxylation is 1. The number of fused-ring (bicyclic) bond motifs is 2. The molecule has 1 heterocycles. The van der Waals surface area contributed by atoms with Crippen molar-refractivity contribution in [3.8, 4) is 0 Å². The molecule has 5 rings (SSSR count). The first-order valence-corrected chi connectivity index (χ1v) is 10.00. The zero-order valence-electron chi connectivity index (χ0n) is 16.0. The number of rotatable bonds is 2. The Hall–Kier alpha value is -2.61. The van der Waals surface area contributed by atoms with Crippen molar-refractivity contribution in [3.63, 3.8) is 0 Å². The molecule has 1 amide bonds. The highest BCUT2D eigenvalue weighted by Crippen LogP contribution is 2.56. The molecule has 0 spiro atoms. The first kappa shape index (κ1) is 16.6. The molecule has 136 valence electrons. The molecule has 1 saturated carbocycles. The molecule has 2 aromatic rings. The number of nitrogens with zero attached hydrogens (tertiary/aromatic N) is 1. The molecule has 0 bridgehead atoms. The second-order valence-electron chi connectivity index (χ2n) is 8.45. The van der Waals surface area contributed by atoms with Gasteiger partial charge in [0.2, 0.25) is 5.91 Å². The van der Waals surface area contributed by atoms with E-state index in [0.29, 0.717) is 5.92 Å². The van der Waals surface area contributed by atoms with E-state index < -0.39 is 5.41 Å². The minimum absolute atomic E-state index is 0.224. The van der Waals surface area contributed by atoms with Gasteiger partial charge in [0.25, 0.3) is 0 Å². The Morgan fingerprint density at radius 2 is 1.78 bits per heavy atom. The van der Waals surface area contributed by atoms with E-state index >= 15 is 0 Å². The number of allylic oxidation sites excluding steroid dienone is 2. The van der Waals surface area contributed by atoms with Crippen LogP contribution >= 0.6 is 0 Å². The molecule has 1 aliphatic heterocycles. The number of hydrogen-bond acceptors (Lipinski definition) is 1. The fourth-order valence-corrected chi connectivity index (χ4v) is 5.13. The standard InChI is InChI=1S/C25H25NO/c1-17-11-13-21(14-12-17)26-23(18-7-4-3-5-8-18)22-15-19-9-6-10-20(19)16-25(22,2)24(26)27/h3-5,7-8,11-15,20H,6,9-10,16H2,1-2H3/t20-,25-/m1/s1. The van der Waals surface area contributed by atoms with Gasteiger partial charge in [-0.25, -0.2) is 0 Å². The van der Waals surface area contributed by atoms with Gasteiger partial charge in [0.05, 0.1) is 11.1 Å². The van der Waals surface area contributed by atoms with Crippen molar-refractivity contribution in [3.05, 3.63) is 82.9 Å². The van der Waals surface area contributed by atoms with Gasteiger partial charge in [-0.15, -0.1) is 0 Å². The van der Waals surface area contributed by atoms with E-state index in [2.05, 4.69) is 68.5 Å². The summed E-state index contributed by atoms with van der Waals surface area (Å²) in [5.41, 5.74) is 6.72. The minimum Gasteiger partial charge on any atom is -0.279 e. The first-order valence-electron chi connectivity index (χ1n) is 10.00. The highest BCUT2D eigenvalue weighted by atomic mass is 16.2. The van der Waals surface area contributed by atoms with Crippen LogP contribution in [-0.2, 0) is 4.79 Å². The number of carbonyl (C=O) groups excluding carboxylic acids is 1. The number of hydrogen-bond donors (Lipinski definition) is 0. The molecule has 0 saturated heterocycles. The second kappa shape index (κ2) is 5.95. The van der Waals surface area contributed by atoms with Gasteiger partial charge in [-0.3, -0.25) is 9.69 Å². The van der Waals surface area contributed by atoms with Gasteiger partial charge in [0.15, 0.2) is 0 Å². The predicted molar refractivity (Wildman–Crippen MR) is 110 cm³/mol. The zero-order chi connectivity index (χ0) is 18.6. The summed E-state index contributed by atoms with van der Waals surface area (Å²) in [4.78, 5) is 15.7. The number of amides is 1. The van der Waals surface area contributed by atoms with Crippen LogP contribution in [0.4, 0.5) is 5.69 Å². The van der Waals surface area contributed by atoms with Crippen LogP contribution in [0.2, 0.25) is 0 Å². The van der Waals surface area contributed by atoms with Crippen LogP contribution in [-0.4, -0.2) is 5.91 Å². The van der Waals surface area contributed by atoms with Gasteiger partial charge in [-0.05, 0) is 68.7 Å². The zero-order valence-corrected chi connectivity index (χ0v) is 16.0. The number of carbonyl (C=O) groups is 1. The summed E-state index contributed by atoms with van der Waals surface area (Å²) in [5, 5.41) is 0. The molecule has 3 aliphatic rings. The Morgan fingerprint density at radius 1 is 1.04 bits per heavy atom. The molecule has 27 heavy (non-hydrogen) atoms. The fraction of sp³-hybridized carbons (Fsp3) is 0.320. The quantitative estimate of drug-likeness (QED) is 0.658. The summed E-state index contributed by atoms with van der Waals surface area (Å²) < 4.78 is 0. The van der Waals surface area contributed by atoms with E-state index in [9.17, 15) is 4.79 Å². The van der Waals surface area contributed by atoms with Gasteiger partial charge in [0.1, 0.15) is 0 Å².